The molecule has 0 atom stereocenters. The summed E-state index contributed by atoms with van der Waals surface area (Å²) in [5, 5.41) is 1.56. The normalized spacial score (nSPS) is 12.8. The van der Waals surface area contributed by atoms with Crippen LogP contribution < -0.4 is 0 Å². The van der Waals surface area contributed by atoms with Crippen LogP contribution in [0, 0.1) is 6.92 Å². The molecule has 108 valence electrons. The minimum Gasteiger partial charge on any atom is -0.0928 e. The van der Waals surface area contributed by atoms with Crippen LogP contribution >= 0.6 is 7.53 Å². The van der Waals surface area contributed by atoms with Gasteiger partial charge in [0.2, 0.25) is 0 Å². The molecule has 0 nitrogen and oxygen atoms in total. The maximum absolute atomic E-state index is 2.45. The van der Waals surface area contributed by atoms with E-state index in [1.807, 2.05) is 0 Å². The zero-order valence-electron chi connectivity index (χ0n) is 13.9. The first-order chi connectivity index (χ1) is 9.10. The summed E-state index contributed by atoms with van der Waals surface area (Å²) in [4.78, 5) is 0. The SMILES string of the molecule is Cc1cc(C(C)(C)C)cc(C(C)(C)C)c1-p1cccc1. The summed E-state index contributed by atoms with van der Waals surface area (Å²) in [5.41, 5.74) is 4.81. The largest absolute Gasteiger partial charge is 0.0928 e. The third-order valence-corrected chi connectivity index (χ3v) is 5.93. The zero-order valence-corrected chi connectivity index (χ0v) is 14.8. The van der Waals surface area contributed by atoms with Crippen LogP contribution in [0.2, 0.25) is 0 Å². The van der Waals surface area contributed by atoms with E-state index in [9.17, 15) is 0 Å². The zero-order chi connectivity index (χ0) is 15.1. The molecule has 2 aromatic rings. The Morgan fingerprint density at radius 3 is 1.80 bits per heavy atom. The molecule has 0 saturated heterocycles. The lowest BCUT2D eigenvalue weighted by atomic mass is 9.79. The molecule has 0 N–H and O–H groups in total. The van der Waals surface area contributed by atoms with Crippen molar-refractivity contribution in [1.82, 2.24) is 0 Å². The first kappa shape index (κ1) is 15.4. The molecule has 0 aliphatic rings. The monoisotopic (exact) mass is 286 g/mol. The third-order valence-electron chi connectivity index (χ3n) is 3.84. The Morgan fingerprint density at radius 1 is 0.800 bits per heavy atom. The highest BCUT2D eigenvalue weighted by atomic mass is 31.1. The van der Waals surface area contributed by atoms with E-state index in [1.54, 1.807) is 5.30 Å². The molecule has 0 amide bonds. The summed E-state index contributed by atoms with van der Waals surface area (Å²) < 4.78 is 0. The van der Waals surface area contributed by atoms with Gasteiger partial charge in [-0.15, -0.1) is 0 Å². The van der Waals surface area contributed by atoms with Crippen LogP contribution in [0.3, 0.4) is 0 Å². The Bertz CT molecular complexity index is 590. The highest BCUT2D eigenvalue weighted by Crippen LogP contribution is 2.48. The van der Waals surface area contributed by atoms with Gasteiger partial charge in [0.05, 0.1) is 0 Å². The lowest BCUT2D eigenvalue weighted by Crippen LogP contribution is -2.17. The van der Waals surface area contributed by atoms with Crippen LogP contribution in [0.5, 0.6) is 0 Å². The van der Waals surface area contributed by atoms with E-state index in [0.717, 1.165) is 0 Å². The van der Waals surface area contributed by atoms with E-state index in [2.05, 4.69) is 84.3 Å². The smallest absolute Gasteiger partial charge is 0.00450 e. The molecule has 0 bridgehead atoms. The van der Waals surface area contributed by atoms with Crippen molar-refractivity contribution in [3.05, 3.63) is 52.6 Å². The van der Waals surface area contributed by atoms with E-state index in [-0.39, 0.29) is 18.4 Å². The van der Waals surface area contributed by atoms with E-state index in [0.29, 0.717) is 0 Å². The van der Waals surface area contributed by atoms with Gasteiger partial charge in [0.1, 0.15) is 0 Å². The van der Waals surface area contributed by atoms with Crippen LogP contribution in [0.4, 0.5) is 0 Å². The summed E-state index contributed by atoms with van der Waals surface area (Å²) >= 11 is 0. The standard InChI is InChI=1S/C19H27P/c1-14-12-15(18(2,3)4)13-16(19(5,6)7)17(14)20-10-8-9-11-20/h8-13H,1-7H3. The average molecular weight is 286 g/mol. The van der Waals surface area contributed by atoms with Crippen molar-refractivity contribution in [2.45, 2.75) is 59.3 Å². The summed E-state index contributed by atoms with van der Waals surface area (Å²) in [6.07, 6.45) is 0. The predicted octanol–water partition coefficient (Wildman–Crippen LogP) is 6.57. The van der Waals surface area contributed by atoms with Crippen LogP contribution in [-0.2, 0) is 10.8 Å². The topological polar surface area (TPSA) is 0 Å². The molecule has 0 radical (unpaired) electrons. The van der Waals surface area contributed by atoms with Gasteiger partial charge in [-0.05, 0) is 46.0 Å². The lowest BCUT2D eigenvalue weighted by molar-refractivity contribution is 0.570. The molecule has 20 heavy (non-hydrogen) atoms. The summed E-state index contributed by atoms with van der Waals surface area (Å²) in [6.45, 7) is 16.2. The van der Waals surface area contributed by atoms with Gasteiger partial charge in [0.15, 0.2) is 0 Å². The summed E-state index contributed by atoms with van der Waals surface area (Å²) in [6, 6.07) is 9.22. The third kappa shape index (κ3) is 3.01. The van der Waals surface area contributed by atoms with Crippen LogP contribution in [0.25, 0.3) is 5.30 Å². The van der Waals surface area contributed by atoms with Gasteiger partial charge >= 0.3 is 0 Å². The Balaban J connectivity index is 2.75. The molecular formula is C19H27P. The second kappa shape index (κ2) is 5.08. The summed E-state index contributed by atoms with van der Waals surface area (Å²) in [5.74, 6) is 4.73. The Morgan fingerprint density at radius 2 is 1.35 bits per heavy atom. The van der Waals surface area contributed by atoms with Crippen molar-refractivity contribution in [3.63, 3.8) is 0 Å². The predicted molar refractivity (Wildman–Crippen MR) is 92.6 cm³/mol. The maximum atomic E-state index is 2.45. The van der Waals surface area contributed by atoms with Crippen molar-refractivity contribution >= 4 is 7.53 Å². The first-order valence-electron chi connectivity index (χ1n) is 7.39. The van der Waals surface area contributed by atoms with Crippen LogP contribution in [-0.4, -0.2) is 0 Å². The maximum Gasteiger partial charge on any atom is 0.00450 e. The van der Waals surface area contributed by atoms with Crippen molar-refractivity contribution < 1.29 is 0 Å². The lowest BCUT2D eigenvalue weighted by Gasteiger charge is -2.29. The molecule has 1 heteroatoms. The summed E-state index contributed by atoms with van der Waals surface area (Å²) in [7, 11) is -0.255. The number of aryl methyl sites for hydroxylation is 1. The number of benzene rings is 1. The van der Waals surface area contributed by atoms with Crippen molar-refractivity contribution in [2.24, 2.45) is 0 Å². The van der Waals surface area contributed by atoms with E-state index in [1.165, 1.54) is 16.7 Å². The van der Waals surface area contributed by atoms with Gasteiger partial charge in [0.25, 0.3) is 0 Å². The molecule has 0 aliphatic heterocycles. The molecule has 0 aliphatic carbocycles. The Labute approximate surface area is 125 Å². The van der Waals surface area contributed by atoms with Crippen molar-refractivity contribution in [2.75, 3.05) is 0 Å². The number of rotatable bonds is 1. The molecule has 1 heterocycles. The Kier molecular flexibility index (Phi) is 3.91. The number of hydrogen-bond donors (Lipinski definition) is 0. The molecule has 0 fully saturated rings. The van der Waals surface area contributed by atoms with Gasteiger partial charge in [-0.3, -0.25) is 0 Å². The quantitative estimate of drug-likeness (QED) is 0.556. The van der Waals surface area contributed by atoms with Gasteiger partial charge in [-0.2, -0.15) is 0 Å². The fraction of sp³-hybridized carbons (Fsp3) is 0.474. The fourth-order valence-electron chi connectivity index (χ4n) is 2.61. The fourth-order valence-corrected chi connectivity index (χ4v) is 4.73. The highest BCUT2D eigenvalue weighted by molar-refractivity contribution is 7.56. The van der Waals surface area contributed by atoms with Gasteiger partial charge in [-0.25, -0.2) is 0 Å². The minimum atomic E-state index is -0.255. The molecular weight excluding hydrogens is 259 g/mol. The van der Waals surface area contributed by atoms with Crippen molar-refractivity contribution in [3.8, 4) is 5.30 Å². The average Bonchev–Trinajstić information content (AvgIpc) is 2.78. The van der Waals surface area contributed by atoms with E-state index >= 15 is 0 Å². The van der Waals surface area contributed by atoms with Crippen LogP contribution in [0.15, 0.2) is 35.9 Å². The molecule has 1 aromatic carbocycles. The molecule has 1 aromatic heterocycles. The van der Waals surface area contributed by atoms with Crippen molar-refractivity contribution in [1.29, 1.82) is 0 Å². The molecule has 0 saturated carbocycles. The Hall–Kier alpha value is -1.00. The van der Waals surface area contributed by atoms with Crippen LogP contribution in [0.1, 0.15) is 58.2 Å². The van der Waals surface area contributed by atoms with Gasteiger partial charge in [0, 0.05) is 5.30 Å². The molecule has 2 rings (SSSR count). The second-order valence-corrected chi connectivity index (χ2v) is 9.64. The molecule has 0 unspecified atom stereocenters. The minimum absolute atomic E-state index is 0.188. The molecule has 0 spiro atoms. The highest BCUT2D eigenvalue weighted by Gasteiger charge is 2.24. The van der Waals surface area contributed by atoms with Gasteiger partial charge < -0.3 is 0 Å². The number of hydrogen-bond acceptors (Lipinski definition) is 0. The first-order valence-corrected chi connectivity index (χ1v) is 8.87. The van der Waals surface area contributed by atoms with E-state index in [4.69, 9.17) is 0 Å². The second-order valence-electron chi connectivity index (χ2n) is 7.78. The van der Waals surface area contributed by atoms with Gasteiger partial charge in [-0.1, -0.05) is 73.3 Å². The van der Waals surface area contributed by atoms with E-state index < -0.39 is 0 Å².